The van der Waals surface area contributed by atoms with Gasteiger partial charge in [0.25, 0.3) is 0 Å². The van der Waals surface area contributed by atoms with Crippen molar-refractivity contribution in [3.8, 4) is 11.5 Å². The highest BCUT2D eigenvalue weighted by atomic mass is 16.7. The molecule has 3 aromatic rings. The minimum Gasteiger partial charge on any atom is -0.498 e. The molecule has 9 rings (SSSR count). The minimum atomic E-state index is -2.55. The van der Waals surface area contributed by atoms with E-state index in [1.807, 2.05) is 0 Å². The van der Waals surface area contributed by atoms with Gasteiger partial charge in [-0.2, -0.15) is 9.98 Å². The molecular weight excluding hydrogens is 851 g/mol. The molecule has 1 amide bonds. The van der Waals surface area contributed by atoms with Crippen LogP contribution in [0.15, 0.2) is 75.3 Å². The fraction of sp³-hybridized carbons (Fsp3) is 0.400. The Morgan fingerprint density at radius 1 is 1.00 bits per heavy atom. The van der Waals surface area contributed by atoms with E-state index in [2.05, 4.69) is 15.0 Å². The van der Waals surface area contributed by atoms with Gasteiger partial charge in [-0.1, -0.05) is 24.3 Å². The molecule has 4 bridgehead atoms. The van der Waals surface area contributed by atoms with Crippen molar-refractivity contribution in [3.63, 3.8) is 0 Å². The molecule has 9 N–H and O–H groups in total. The predicted molar refractivity (Wildman–Crippen MR) is 226 cm³/mol. The number of hydrogen-bond acceptors (Lipinski definition) is 19. The number of aliphatic hydroxyl groups excluding tert-OH is 5. The van der Waals surface area contributed by atoms with E-state index in [1.165, 1.54) is 30.5 Å². The van der Waals surface area contributed by atoms with Gasteiger partial charge in [-0.05, 0) is 60.2 Å². The number of amides is 1. The topological polar surface area (TPSA) is 313 Å². The second-order valence-electron chi connectivity index (χ2n) is 16.7. The Hall–Kier alpha value is -6.23. The molecular formula is C45H45N5O15. The van der Waals surface area contributed by atoms with Crippen molar-refractivity contribution in [1.29, 1.82) is 0 Å². The molecule has 8 unspecified atom stereocenters. The number of nitrogens with zero attached hydrogens (tertiary/aromatic N) is 4. The summed E-state index contributed by atoms with van der Waals surface area (Å²) in [5.41, 5.74) is 1.92. The highest BCUT2D eigenvalue weighted by Gasteiger charge is 2.69. The fourth-order valence-corrected chi connectivity index (χ4v) is 9.69. The lowest BCUT2D eigenvalue weighted by Crippen LogP contribution is -2.78. The SMILES string of the molecule is NC1=NC(=O)C2=NCN(c3ccccc3C3C(CCO)=COCC4OC(Oc5c3cc3c(c5OCC(O)CC=O)C(=O)c5cc(CO)ccc5C3=O)C3(O)C(CO)CCC4(O)C3O)C2=N1. The third kappa shape index (κ3) is 7.04. The van der Waals surface area contributed by atoms with E-state index in [1.54, 1.807) is 29.2 Å². The second-order valence-corrected chi connectivity index (χ2v) is 16.7. The summed E-state index contributed by atoms with van der Waals surface area (Å²) in [6.07, 6.45) is -5.74. The number of aliphatic hydroxyl groups is 7. The molecule has 3 aromatic carbocycles. The molecule has 4 heterocycles. The first-order chi connectivity index (χ1) is 31.3. The number of aldehydes is 1. The van der Waals surface area contributed by atoms with Crippen molar-refractivity contribution in [2.75, 3.05) is 38.0 Å². The number of rotatable bonds is 11. The van der Waals surface area contributed by atoms with Crippen LogP contribution in [0.25, 0.3) is 0 Å². The summed E-state index contributed by atoms with van der Waals surface area (Å²) >= 11 is 0. The van der Waals surface area contributed by atoms with E-state index in [4.69, 9.17) is 24.7 Å². The van der Waals surface area contributed by atoms with Crippen LogP contribution in [-0.4, -0.2) is 146 Å². The summed E-state index contributed by atoms with van der Waals surface area (Å²) in [5, 5.41) is 78.8. The van der Waals surface area contributed by atoms with Crippen LogP contribution in [0.4, 0.5) is 5.69 Å². The van der Waals surface area contributed by atoms with Crippen molar-refractivity contribution < 1.29 is 73.9 Å². The number of ketones is 2. The van der Waals surface area contributed by atoms with Gasteiger partial charge in [0, 0.05) is 59.4 Å². The van der Waals surface area contributed by atoms with Crippen LogP contribution in [0.5, 0.6) is 11.5 Å². The van der Waals surface area contributed by atoms with Crippen LogP contribution in [0, 0.1) is 5.92 Å². The molecule has 2 fully saturated rings. The first-order valence-corrected chi connectivity index (χ1v) is 20.9. The van der Waals surface area contributed by atoms with E-state index in [9.17, 15) is 54.9 Å². The number of hydrogen-bond donors (Lipinski definition) is 8. The Morgan fingerprint density at radius 2 is 1.80 bits per heavy atom. The molecule has 65 heavy (non-hydrogen) atoms. The number of aliphatic imine (C=N–C) groups is 3. The monoisotopic (exact) mass is 895 g/mol. The molecule has 2 aliphatic carbocycles. The molecule has 0 aromatic heterocycles. The number of benzene rings is 3. The highest BCUT2D eigenvalue weighted by Crippen LogP contribution is 2.54. The van der Waals surface area contributed by atoms with Gasteiger partial charge in [0.15, 0.2) is 40.2 Å². The second kappa shape index (κ2) is 17.0. The molecule has 20 nitrogen and oxygen atoms in total. The molecule has 20 heteroatoms. The summed E-state index contributed by atoms with van der Waals surface area (Å²) < 4.78 is 25.6. The van der Waals surface area contributed by atoms with Crippen molar-refractivity contribution in [1.82, 2.24) is 0 Å². The standard InChI is InChI=1S/C45H45N5O15/c46-43-48-39-34(40(58)49-43)47-20-50(39)30-4-2-1-3-26(30)32-22(8-11-51)17-62-19-31-44(60)10-7-23(16-54)45(61,41(44)59)42(64-31)65-37-29(32)14-28-33(38(37)63-18-24(55)9-12-52)36(57)27-13-21(15-53)5-6-25(27)35(28)56/h1-6,12-14,17,23-24,31-32,41-42,51,53-55,59-61H,7-11,15-16,18-20H2,(H2,46,49,58). The fourth-order valence-electron chi connectivity index (χ4n) is 9.69. The zero-order valence-electron chi connectivity index (χ0n) is 34.6. The van der Waals surface area contributed by atoms with Gasteiger partial charge in [-0.15, -0.1) is 0 Å². The number of ether oxygens (including phenoxy) is 4. The Bertz CT molecular complexity index is 2630. The van der Waals surface area contributed by atoms with E-state index in [-0.39, 0.29) is 77.0 Å². The van der Waals surface area contributed by atoms with Crippen LogP contribution >= 0.6 is 0 Å². The number of carbonyl (C=O) groups excluding carboxylic acids is 4. The summed E-state index contributed by atoms with van der Waals surface area (Å²) in [5.74, 6) is -5.55. The van der Waals surface area contributed by atoms with Crippen LogP contribution in [0.3, 0.4) is 0 Å². The van der Waals surface area contributed by atoms with E-state index >= 15 is 0 Å². The third-order valence-corrected chi connectivity index (χ3v) is 13.0. The van der Waals surface area contributed by atoms with Crippen LogP contribution < -0.4 is 20.1 Å². The van der Waals surface area contributed by atoms with E-state index in [0.717, 1.165) is 0 Å². The predicted octanol–water partition coefficient (Wildman–Crippen LogP) is -0.488. The van der Waals surface area contributed by atoms with Gasteiger partial charge < -0.3 is 70.1 Å². The van der Waals surface area contributed by atoms with Crippen LogP contribution in [0.1, 0.15) is 80.1 Å². The van der Waals surface area contributed by atoms with Gasteiger partial charge >= 0.3 is 5.91 Å². The smallest absolute Gasteiger partial charge is 0.302 e. The Labute approximate surface area is 369 Å². The number of anilines is 1. The van der Waals surface area contributed by atoms with E-state index < -0.39 is 110 Å². The lowest BCUT2D eigenvalue weighted by atomic mass is 9.62. The Balaban J connectivity index is 1.36. The number of amidine groups is 1. The number of fused-ring (bicyclic) bond motifs is 10. The largest absolute Gasteiger partial charge is 0.498 e. The molecule has 6 aliphatic rings. The zero-order chi connectivity index (χ0) is 45.9. The lowest BCUT2D eigenvalue weighted by Gasteiger charge is -2.59. The van der Waals surface area contributed by atoms with Crippen molar-refractivity contribution in [3.05, 3.63) is 99.3 Å². The number of carbonyl (C=O) groups is 4. The average molecular weight is 896 g/mol. The van der Waals surface area contributed by atoms with Gasteiger partial charge in [-0.25, -0.2) is 0 Å². The zero-order valence-corrected chi connectivity index (χ0v) is 34.6. The number of guanidine groups is 1. The first-order valence-electron chi connectivity index (χ1n) is 20.9. The molecule has 1 saturated carbocycles. The number of para-hydroxylation sites is 1. The molecule has 1 saturated heterocycles. The van der Waals surface area contributed by atoms with Crippen LogP contribution in [0.2, 0.25) is 0 Å². The van der Waals surface area contributed by atoms with Gasteiger partial charge in [0.2, 0.25) is 12.2 Å². The normalized spacial score (nSPS) is 28.4. The molecule has 340 valence electrons. The maximum Gasteiger partial charge on any atom is 0.302 e. The van der Waals surface area contributed by atoms with Crippen molar-refractivity contribution in [2.45, 2.75) is 74.0 Å². The van der Waals surface area contributed by atoms with Crippen molar-refractivity contribution >= 4 is 47.0 Å². The summed E-state index contributed by atoms with van der Waals surface area (Å²) in [6.45, 7) is -2.84. The summed E-state index contributed by atoms with van der Waals surface area (Å²) in [7, 11) is 0. The summed E-state index contributed by atoms with van der Waals surface area (Å²) in [6, 6.07) is 12.4. The van der Waals surface area contributed by atoms with Gasteiger partial charge in [-0.3, -0.25) is 19.4 Å². The van der Waals surface area contributed by atoms with Crippen molar-refractivity contribution in [2.24, 2.45) is 26.6 Å². The first kappa shape index (κ1) is 44.0. The minimum absolute atomic E-state index is 0.0141. The van der Waals surface area contributed by atoms with E-state index in [0.29, 0.717) is 28.7 Å². The third-order valence-electron chi connectivity index (χ3n) is 13.0. The Kier molecular flexibility index (Phi) is 11.5. The molecule has 8 atom stereocenters. The van der Waals surface area contributed by atoms with Gasteiger partial charge in [0.05, 0.1) is 24.5 Å². The van der Waals surface area contributed by atoms with Gasteiger partial charge in [0.1, 0.15) is 44.0 Å². The molecule has 4 aliphatic heterocycles. The lowest BCUT2D eigenvalue weighted by molar-refractivity contribution is -0.381. The molecule has 0 spiro atoms. The average Bonchev–Trinajstić information content (AvgIpc) is 3.71. The summed E-state index contributed by atoms with van der Waals surface area (Å²) in [4.78, 5) is 68.2. The maximum atomic E-state index is 14.9. The number of nitrogens with two attached hydrogens (primary N) is 1. The Morgan fingerprint density at radius 3 is 2.55 bits per heavy atom. The maximum absolute atomic E-state index is 14.9. The van der Waals surface area contributed by atoms with Crippen LogP contribution in [-0.2, 0) is 25.7 Å². The highest BCUT2D eigenvalue weighted by molar-refractivity contribution is 6.72. The molecule has 0 radical (unpaired) electrons. The quantitative estimate of drug-likeness (QED) is 0.0881.